The Hall–Kier alpha value is -3.80. The van der Waals surface area contributed by atoms with Crippen molar-refractivity contribution in [3.63, 3.8) is 0 Å². The number of carbonyl (C=O) groups is 1. The van der Waals surface area contributed by atoms with Crippen LogP contribution in [0.25, 0.3) is 22.3 Å². The van der Waals surface area contributed by atoms with Crippen LogP contribution in [0.1, 0.15) is 23.6 Å². The molecule has 0 unspecified atom stereocenters. The van der Waals surface area contributed by atoms with Crippen molar-refractivity contribution in [1.29, 1.82) is 0 Å². The van der Waals surface area contributed by atoms with Gasteiger partial charge in [0.2, 0.25) is 15.9 Å². The van der Waals surface area contributed by atoms with Crippen LogP contribution in [0.15, 0.2) is 71.6 Å². The molecule has 1 atom stereocenters. The predicted octanol–water partition coefficient (Wildman–Crippen LogP) is 3.80. The number of ether oxygens (including phenoxy) is 1. The van der Waals surface area contributed by atoms with Crippen LogP contribution in [0.3, 0.4) is 0 Å². The zero-order valence-corrected chi connectivity index (χ0v) is 21.7. The normalized spacial score (nSPS) is 15.3. The van der Waals surface area contributed by atoms with E-state index in [1.54, 1.807) is 30.3 Å². The predicted molar refractivity (Wildman–Crippen MR) is 141 cm³/mol. The lowest BCUT2D eigenvalue weighted by Crippen LogP contribution is -2.40. The molecule has 202 valence electrons. The summed E-state index contributed by atoms with van der Waals surface area (Å²) >= 11 is 0. The Morgan fingerprint density at radius 3 is 2.18 bits per heavy atom. The lowest BCUT2D eigenvalue weighted by Gasteiger charge is -2.26. The summed E-state index contributed by atoms with van der Waals surface area (Å²) in [6.07, 6.45) is -0.0528. The number of rotatable bonds is 8. The minimum absolute atomic E-state index is 0.0845. The molecule has 11 heteroatoms. The van der Waals surface area contributed by atoms with Gasteiger partial charge in [-0.3, -0.25) is 4.79 Å². The average molecular weight is 553 g/mol. The van der Waals surface area contributed by atoms with E-state index in [1.807, 2.05) is 6.07 Å². The number of nitrogens with two attached hydrogens (primary N) is 1. The number of aromatic nitrogens is 2. The maximum Gasteiger partial charge on any atom is 0.243 e. The summed E-state index contributed by atoms with van der Waals surface area (Å²) in [7, 11) is -3.70. The van der Waals surface area contributed by atoms with Gasteiger partial charge in [0.1, 0.15) is 11.6 Å². The minimum Gasteiger partial charge on any atom is -0.379 e. The topological polar surface area (TPSA) is 115 Å². The number of hydrogen-bond acceptors (Lipinski definition) is 6. The Balaban J connectivity index is 1.59. The van der Waals surface area contributed by atoms with E-state index in [0.717, 1.165) is 6.07 Å². The zero-order chi connectivity index (χ0) is 27.6. The van der Waals surface area contributed by atoms with Gasteiger partial charge < -0.3 is 10.5 Å². The number of nitrogens with zero attached hydrogens (tertiary/aromatic N) is 3. The summed E-state index contributed by atoms with van der Waals surface area (Å²) in [5, 5.41) is 0. The second kappa shape index (κ2) is 11.1. The quantitative estimate of drug-likeness (QED) is 0.356. The van der Waals surface area contributed by atoms with Crippen LogP contribution in [0.4, 0.5) is 8.78 Å². The number of sulfonamides is 1. The minimum atomic E-state index is -3.70. The lowest BCUT2D eigenvalue weighted by atomic mass is 9.89. The Morgan fingerprint density at radius 2 is 1.56 bits per heavy atom. The molecule has 8 nitrogen and oxygen atoms in total. The smallest absolute Gasteiger partial charge is 0.243 e. The maximum atomic E-state index is 13.9. The number of halogens is 2. The molecule has 2 heterocycles. The van der Waals surface area contributed by atoms with Crippen molar-refractivity contribution in [3.05, 3.63) is 89.6 Å². The van der Waals surface area contributed by atoms with Crippen LogP contribution in [-0.2, 0) is 26.0 Å². The van der Waals surface area contributed by atoms with Gasteiger partial charge in [0, 0.05) is 37.1 Å². The molecular formula is C28H26F2N4O4S. The summed E-state index contributed by atoms with van der Waals surface area (Å²) in [6.45, 7) is 1.23. The third-order valence-electron chi connectivity index (χ3n) is 6.57. The molecule has 0 saturated carbocycles. The molecule has 0 bridgehead atoms. The number of carbonyl (C=O) groups excluding carboxylic acids is 1. The van der Waals surface area contributed by atoms with Crippen LogP contribution < -0.4 is 5.73 Å². The van der Waals surface area contributed by atoms with Crippen LogP contribution in [-0.4, -0.2) is 54.9 Å². The number of hydrogen-bond donors (Lipinski definition) is 1. The molecule has 0 radical (unpaired) electrons. The first kappa shape index (κ1) is 26.8. The van der Waals surface area contributed by atoms with Crippen LogP contribution in [0.5, 0.6) is 0 Å². The van der Waals surface area contributed by atoms with Gasteiger partial charge in [-0.2, -0.15) is 4.31 Å². The summed E-state index contributed by atoms with van der Waals surface area (Å²) < 4.78 is 60.7. The molecular weight excluding hydrogens is 526 g/mol. The van der Waals surface area contributed by atoms with E-state index in [2.05, 4.69) is 0 Å². The number of fused-ring (bicyclic) bond motifs is 1. The summed E-state index contributed by atoms with van der Waals surface area (Å²) in [6, 6.07) is 16.7. The van der Waals surface area contributed by atoms with Gasteiger partial charge in [-0.15, -0.1) is 0 Å². The highest BCUT2D eigenvalue weighted by Crippen LogP contribution is 2.33. The molecule has 1 amide bonds. The summed E-state index contributed by atoms with van der Waals surface area (Å²) in [5.41, 5.74) is 8.49. The van der Waals surface area contributed by atoms with Gasteiger partial charge in [0.05, 0.1) is 40.5 Å². The summed E-state index contributed by atoms with van der Waals surface area (Å²) in [4.78, 5) is 21.8. The van der Waals surface area contributed by atoms with Crippen LogP contribution in [0.2, 0.25) is 0 Å². The van der Waals surface area contributed by atoms with Crippen molar-refractivity contribution in [2.45, 2.75) is 23.7 Å². The van der Waals surface area contributed by atoms with Gasteiger partial charge in [0.15, 0.2) is 0 Å². The van der Waals surface area contributed by atoms with Gasteiger partial charge in [-0.05, 0) is 48.4 Å². The highest BCUT2D eigenvalue weighted by molar-refractivity contribution is 7.89. The first-order chi connectivity index (χ1) is 18.7. The largest absolute Gasteiger partial charge is 0.379 e. The molecule has 1 fully saturated rings. The number of primary amides is 1. The van der Waals surface area contributed by atoms with Gasteiger partial charge in [-0.25, -0.2) is 27.2 Å². The fourth-order valence-electron chi connectivity index (χ4n) is 4.75. The Bertz CT molecular complexity index is 1600. The molecule has 1 aromatic heterocycles. The molecule has 4 aromatic rings. The standard InChI is InChI=1S/C28H26F2N4O4S/c29-21-14-18(15-22(30)17-21)13-20(16-26(31)35)28-27(32-24-3-1-2-4-25(24)33-28)19-5-7-23(8-6-19)39(36,37)34-9-11-38-12-10-34/h1-8,14-15,17,20H,9-13,16H2,(H2,31,35)/t20-/m0/s1. The van der Waals surface area contributed by atoms with Crippen molar-refractivity contribution in [2.24, 2.45) is 5.73 Å². The van der Waals surface area contributed by atoms with Crippen LogP contribution in [0, 0.1) is 11.6 Å². The van der Waals surface area contributed by atoms with Gasteiger partial charge >= 0.3 is 0 Å². The van der Waals surface area contributed by atoms with E-state index in [-0.39, 0.29) is 30.8 Å². The highest BCUT2D eigenvalue weighted by atomic mass is 32.2. The van der Waals surface area contributed by atoms with Crippen molar-refractivity contribution in [2.75, 3.05) is 26.3 Å². The number of benzene rings is 3. The monoisotopic (exact) mass is 552 g/mol. The third-order valence-corrected chi connectivity index (χ3v) is 8.48. The third kappa shape index (κ3) is 5.95. The lowest BCUT2D eigenvalue weighted by molar-refractivity contribution is -0.118. The molecule has 1 aliphatic heterocycles. The number of morpholine rings is 1. The average Bonchev–Trinajstić information content (AvgIpc) is 2.92. The molecule has 0 spiro atoms. The first-order valence-corrected chi connectivity index (χ1v) is 13.8. The Labute approximate surface area is 224 Å². The fraction of sp³-hybridized carbons (Fsp3) is 0.250. The van der Waals surface area contributed by atoms with Crippen molar-refractivity contribution in [1.82, 2.24) is 14.3 Å². The van der Waals surface area contributed by atoms with E-state index in [1.165, 1.54) is 28.6 Å². The van der Waals surface area contributed by atoms with E-state index < -0.39 is 33.5 Å². The second-order valence-electron chi connectivity index (χ2n) is 9.34. The van der Waals surface area contributed by atoms with Gasteiger partial charge in [-0.1, -0.05) is 24.3 Å². The number of para-hydroxylation sites is 2. The first-order valence-electron chi connectivity index (χ1n) is 12.4. The SMILES string of the molecule is NC(=O)C[C@H](Cc1cc(F)cc(F)c1)c1nc2ccccc2nc1-c1ccc(S(=O)(=O)N2CCOCC2)cc1. The molecule has 1 saturated heterocycles. The van der Waals surface area contributed by atoms with Crippen molar-refractivity contribution in [3.8, 4) is 11.3 Å². The van der Waals surface area contributed by atoms with Crippen molar-refractivity contribution < 1.29 is 26.7 Å². The van der Waals surface area contributed by atoms with Gasteiger partial charge in [0.25, 0.3) is 0 Å². The van der Waals surface area contributed by atoms with E-state index >= 15 is 0 Å². The molecule has 3 aromatic carbocycles. The van der Waals surface area contributed by atoms with E-state index in [0.29, 0.717) is 46.8 Å². The molecule has 5 rings (SSSR count). The fourth-order valence-corrected chi connectivity index (χ4v) is 6.16. The van der Waals surface area contributed by atoms with E-state index in [4.69, 9.17) is 20.4 Å². The Morgan fingerprint density at radius 1 is 0.949 bits per heavy atom. The molecule has 0 aliphatic carbocycles. The summed E-state index contributed by atoms with van der Waals surface area (Å²) in [5.74, 6) is -2.72. The zero-order valence-electron chi connectivity index (χ0n) is 20.9. The number of amides is 1. The molecule has 39 heavy (non-hydrogen) atoms. The van der Waals surface area contributed by atoms with Crippen LogP contribution >= 0.6 is 0 Å². The van der Waals surface area contributed by atoms with E-state index in [9.17, 15) is 22.0 Å². The molecule has 2 N–H and O–H groups in total. The Kier molecular flexibility index (Phi) is 7.65. The maximum absolute atomic E-state index is 13.9. The van der Waals surface area contributed by atoms with Crippen molar-refractivity contribution >= 4 is 27.0 Å². The second-order valence-corrected chi connectivity index (χ2v) is 11.3. The highest BCUT2D eigenvalue weighted by Gasteiger charge is 2.27. The molecule has 1 aliphatic rings.